The number of para-hydroxylation sites is 1. The van der Waals surface area contributed by atoms with Gasteiger partial charge in [0.25, 0.3) is 5.91 Å². The Bertz CT molecular complexity index is 745. The summed E-state index contributed by atoms with van der Waals surface area (Å²) in [5.41, 5.74) is -0.0450. The summed E-state index contributed by atoms with van der Waals surface area (Å²) < 4.78 is 11.7. The highest BCUT2D eigenvalue weighted by Gasteiger charge is 2.57. The molecule has 0 unspecified atom stereocenters. The van der Waals surface area contributed by atoms with Gasteiger partial charge < -0.3 is 19.7 Å². The molecule has 3 saturated carbocycles. The highest BCUT2D eigenvalue weighted by Crippen LogP contribution is 2.52. The van der Waals surface area contributed by atoms with E-state index in [0.29, 0.717) is 37.6 Å². The fourth-order valence-corrected chi connectivity index (χ4v) is 5.28. The molecule has 1 spiro atoms. The number of morpholine rings is 1. The summed E-state index contributed by atoms with van der Waals surface area (Å²) in [6.07, 6.45) is 3.55. The van der Waals surface area contributed by atoms with E-state index in [9.17, 15) is 9.59 Å². The van der Waals surface area contributed by atoms with Crippen molar-refractivity contribution in [2.24, 2.45) is 17.8 Å². The van der Waals surface area contributed by atoms with Crippen molar-refractivity contribution in [2.75, 3.05) is 26.3 Å². The minimum atomic E-state index is -0.643. The van der Waals surface area contributed by atoms with Gasteiger partial charge in [-0.25, -0.2) is 0 Å². The molecule has 26 heavy (non-hydrogen) atoms. The van der Waals surface area contributed by atoms with Gasteiger partial charge in [0.05, 0.1) is 18.8 Å². The number of benzene rings is 1. The maximum Gasteiger partial charge on any atom is 0.258 e. The lowest BCUT2D eigenvalue weighted by atomic mass is 9.59. The molecule has 1 aromatic rings. The first-order valence-electron chi connectivity index (χ1n) is 9.63. The van der Waals surface area contributed by atoms with E-state index in [0.717, 1.165) is 25.7 Å². The molecule has 2 bridgehead atoms. The Balaban J connectivity index is 1.38. The van der Waals surface area contributed by atoms with Crippen LogP contribution in [-0.2, 0) is 9.53 Å². The number of nitrogens with zero attached hydrogens (tertiary/aromatic N) is 1. The lowest BCUT2D eigenvalue weighted by molar-refractivity contribution is -0.158. The van der Waals surface area contributed by atoms with E-state index < -0.39 is 5.72 Å². The maximum absolute atomic E-state index is 13.0. The highest BCUT2D eigenvalue weighted by atomic mass is 16.5. The molecular formula is C20H24N2O4. The van der Waals surface area contributed by atoms with Gasteiger partial charge in [-0.1, -0.05) is 12.1 Å². The second-order valence-corrected chi connectivity index (χ2v) is 7.96. The quantitative estimate of drug-likeness (QED) is 0.833. The summed E-state index contributed by atoms with van der Waals surface area (Å²) in [5.74, 6) is 1.37. The number of ether oxygens (including phenoxy) is 2. The zero-order valence-corrected chi connectivity index (χ0v) is 14.8. The van der Waals surface area contributed by atoms with Crippen molar-refractivity contribution in [3.63, 3.8) is 0 Å². The number of amides is 2. The zero-order valence-electron chi connectivity index (χ0n) is 14.8. The Morgan fingerprint density at radius 3 is 2.77 bits per heavy atom. The van der Waals surface area contributed by atoms with E-state index in [-0.39, 0.29) is 29.6 Å². The minimum absolute atomic E-state index is 0.0511. The van der Waals surface area contributed by atoms with Crippen LogP contribution in [-0.4, -0.2) is 48.7 Å². The lowest BCUT2D eigenvalue weighted by Crippen LogP contribution is -2.67. The van der Waals surface area contributed by atoms with Gasteiger partial charge in [-0.05, 0) is 37.3 Å². The van der Waals surface area contributed by atoms with E-state index >= 15 is 0 Å². The van der Waals surface area contributed by atoms with Crippen molar-refractivity contribution < 1.29 is 19.1 Å². The molecule has 138 valence electrons. The zero-order chi connectivity index (χ0) is 17.7. The van der Waals surface area contributed by atoms with Gasteiger partial charge in [-0.3, -0.25) is 9.59 Å². The van der Waals surface area contributed by atoms with Crippen LogP contribution in [0.3, 0.4) is 0 Å². The van der Waals surface area contributed by atoms with Crippen LogP contribution in [0.15, 0.2) is 24.3 Å². The Morgan fingerprint density at radius 1 is 1.19 bits per heavy atom. The Kier molecular flexibility index (Phi) is 3.71. The van der Waals surface area contributed by atoms with Crippen LogP contribution in [0.2, 0.25) is 0 Å². The van der Waals surface area contributed by atoms with Crippen LogP contribution in [0.5, 0.6) is 5.75 Å². The number of carbonyl (C=O) groups excluding carboxylic acids is 2. The Morgan fingerprint density at radius 2 is 2.00 bits per heavy atom. The van der Waals surface area contributed by atoms with E-state index in [1.165, 1.54) is 0 Å². The molecule has 2 heterocycles. The van der Waals surface area contributed by atoms with Crippen LogP contribution in [0.25, 0.3) is 0 Å². The number of hydrogen-bond donors (Lipinski definition) is 1. The van der Waals surface area contributed by atoms with Crippen molar-refractivity contribution in [3.05, 3.63) is 29.8 Å². The van der Waals surface area contributed by atoms with Crippen LogP contribution in [0.4, 0.5) is 0 Å². The average Bonchev–Trinajstić information content (AvgIpc) is 2.68. The predicted molar refractivity (Wildman–Crippen MR) is 93.6 cm³/mol. The monoisotopic (exact) mass is 356 g/mol. The normalized spacial score (nSPS) is 35.6. The molecule has 0 aromatic heterocycles. The molecule has 6 heteroatoms. The number of hydrogen-bond acceptors (Lipinski definition) is 4. The number of rotatable bonds is 1. The summed E-state index contributed by atoms with van der Waals surface area (Å²) in [6, 6.07) is 7.42. The molecule has 2 aliphatic heterocycles. The minimum Gasteiger partial charge on any atom is -0.467 e. The fraction of sp³-hybridized carbons (Fsp3) is 0.600. The van der Waals surface area contributed by atoms with Gasteiger partial charge in [-0.15, -0.1) is 0 Å². The third kappa shape index (κ3) is 2.42. The predicted octanol–water partition coefficient (Wildman–Crippen LogP) is 1.80. The molecule has 4 atom stereocenters. The number of nitrogens with one attached hydrogen (secondary N) is 1. The van der Waals surface area contributed by atoms with E-state index in [1.54, 1.807) is 6.07 Å². The van der Waals surface area contributed by atoms with E-state index in [4.69, 9.17) is 9.47 Å². The third-order valence-corrected chi connectivity index (χ3v) is 6.61. The maximum atomic E-state index is 13.0. The van der Waals surface area contributed by atoms with Gasteiger partial charge in [0.15, 0.2) is 5.72 Å². The standard InChI is InChI=1S/C20H24N2O4/c23-18-15-3-1-2-4-17(15)26-20(21-18)12-13-5-6-14(20)11-16(13)19(24)22-7-9-25-10-8-22/h1-4,13-14,16H,5-12H2,(H,21,23)/t13-,14+,16-,20-/m1/s1. The van der Waals surface area contributed by atoms with Gasteiger partial charge in [0.1, 0.15) is 5.75 Å². The van der Waals surface area contributed by atoms with Crippen LogP contribution < -0.4 is 10.1 Å². The third-order valence-electron chi connectivity index (χ3n) is 6.61. The molecule has 6 nitrogen and oxygen atoms in total. The average molecular weight is 356 g/mol. The second kappa shape index (κ2) is 5.98. The number of fused-ring (bicyclic) bond motifs is 3. The van der Waals surface area contributed by atoms with Crippen LogP contribution in [0, 0.1) is 17.8 Å². The van der Waals surface area contributed by atoms with Crippen molar-refractivity contribution in [2.45, 2.75) is 31.4 Å². The van der Waals surface area contributed by atoms with Gasteiger partial charge in [0.2, 0.25) is 5.91 Å². The molecule has 5 aliphatic rings. The topological polar surface area (TPSA) is 67.9 Å². The first kappa shape index (κ1) is 16.1. The van der Waals surface area contributed by atoms with Crippen LogP contribution >= 0.6 is 0 Å². The van der Waals surface area contributed by atoms with Crippen molar-refractivity contribution in [1.82, 2.24) is 10.2 Å². The summed E-state index contributed by atoms with van der Waals surface area (Å²) in [7, 11) is 0. The van der Waals surface area contributed by atoms with Gasteiger partial charge >= 0.3 is 0 Å². The lowest BCUT2D eigenvalue weighted by Gasteiger charge is -2.55. The van der Waals surface area contributed by atoms with E-state index in [2.05, 4.69) is 5.32 Å². The first-order valence-corrected chi connectivity index (χ1v) is 9.63. The Hall–Kier alpha value is -2.08. The molecule has 1 saturated heterocycles. The SMILES string of the molecule is O=C1N[C@]2(C[C@H]3CC[C@H]2C[C@H]3C(=O)N2CCOCC2)Oc2ccccc21. The summed E-state index contributed by atoms with van der Waals surface area (Å²) in [4.78, 5) is 27.6. The van der Waals surface area contributed by atoms with Gasteiger partial charge in [-0.2, -0.15) is 0 Å². The molecule has 2 amide bonds. The summed E-state index contributed by atoms with van der Waals surface area (Å²) in [5, 5.41) is 3.15. The van der Waals surface area contributed by atoms with E-state index in [1.807, 2.05) is 23.1 Å². The van der Waals surface area contributed by atoms with Crippen LogP contribution in [0.1, 0.15) is 36.0 Å². The molecule has 6 rings (SSSR count). The molecular weight excluding hydrogens is 332 g/mol. The van der Waals surface area contributed by atoms with Crippen molar-refractivity contribution in [1.29, 1.82) is 0 Å². The molecule has 3 aliphatic carbocycles. The van der Waals surface area contributed by atoms with Gasteiger partial charge in [0, 0.05) is 31.3 Å². The summed E-state index contributed by atoms with van der Waals surface area (Å²) in [6.45, 7) is 2.65. The highest BCUT2D eigenvalue weighted by molar-refractivity contribution is 5.98. The second-order valence-electron chi connectivity index (χ2n) is 7.96. The smallest absolute Gasteiger partial charge is 0.258 e. The largest absolute Gasteiger partial charge is 0.467 e. The molecule has 1 N–H and O–H groups in total. The Labute approximate surface area is 152 Å². The fourth-order valence-electron chi connectivity index (χ4n) is 5.28. The molecule has 4 fully saturated rings. The molecule has 0 radical (unpaired) electrons. The number of carbonyl (C=O) groups is 2. The first-order chi connectivity index (χ1) is 12.7. The summed E-state index contributed by atoms with van der Waals surface area (Å²) >= 11 is 0. The molecule has 1 aromatic carbocycles. The van der Waals surface area contributed by atoms with Crippen molar-refractivity contribution >= 4 is 11.8 Å². The van der Waals surface area contributed by atoms with Crippen molar-refractivity contribution in [3.8, 4) is 5.75 Å².